The Morgan fingerprint density at radius 2 is 1.54 bits per heavy atom. The molecule has 2 heterocycles. The lowest BCUT2D eigenvalue weighted by atomic mass is 9.75. The molecule has 2 aliphatic carbocycles. The van der Waals surface area contributed by atoms with Crippen molar-refractivity contribution in [3.63, 3.8) is 0 Å². The van der Waals surface area contributed by atoms with Crippen molar-refractivity contribution >= 4 is 42.3 Å². The smallest absolute Gasteiger partial charge is 0.488 e. The molecule has 368 valence electrons. The van der Waals surface area contributed by atoms with Gasteiger partial charge in [-0.15, -0.1) is 0 Å². The van der Waals surface area contributed by atoms with Gasteiger partial charge in [0.1, 0.15) is 49.1 Å². The maximum atomic E-state index is 13.1. The second kappa shape index (κ2) is 23.1. The van der Waals surface area contributed by atoms with Gasteiger partial charge in [0.2, 0.25) is 5.78 Å². The lowest BCUT2D eigenvalue weighted by Gasteiger charge is -2.34. The number of carbonyl (C=O) groups excluding carboxylic acids is 5. The van der Waals surface area contributed by atoms with Crippen LogP contribution >= 0.6 is 0 Å². The molecule has 4 aromatic carbocycles. The number of Topliss-reactive ketones (excluding diaryl/α,β-unsaturated/α-hetero) is 1. The molecular weight excluding hydrogens is 887 g/mol. The lowest BCUT2D eigenvalue weighted by Crippen LogP contribution is -2.48. The average Bonchev–Trinajstić information content (AvgIpc) is 3.81. The van der Waals surface area contributed by atoms with Crippen molar-refractivity contribution in [1.82, 2.24) is 10.2 Å². The summed E-state index contributed by atoms with van der Waals surface area (Å²) in [5.41, 5.74) is 3.91. The minimum absolute atomic E-state index is 0.0168. The Morgan fingerprint density at radius 3 is 2.14 bits per heavy atom. The van der Waals surface area contributed by atoms with Gasteiger partial charge in [-0.1, -0.05) is 81.4 Å². The molecule has 0 bridgehead atoms. The highest BCUT2D eigenvalue weighted by Gasteiger charge is 2.45. The summed E-state index contributed by atoms with van der Waals surface area (Å²) in [6, 6.07) is 19.4. The summed E-state index contributed by atoms with van der Waals surface area (Å²) in [4.78, 5) is 63.1. The number of methoxy groups -OCH3 is 1. The number of rotatable bonds is 12. The number of carbonyl (C=O) groups is 5. The molecule has 2 saturated heterocycles. The number of aromatic hydroxyl groups is 2. The summed E-state index contributed by atoms with van der Waals surface area (Å²) in [6.07, 6.45) is 2.40. The van der Waals surface area contributed by atoms with Crippen LogP contribution in [0.25, 0.3) is 0 Å². The quantitative estimate of drug-likeness (QED) is 0.0564. The van der Waals surface area contributed by atoms with Crippen molar-refractivity contribution in [2.75, 3.05) is 34.1 Å². The number of benzene rings is 4. The minimum Gasteiger partial charge on any atom is -0.507 e. The van der Waals surface area contributed by atoms with Gasteiger partial charge in [0, 0.05) is 41.2 Å². The van der Waals surface area contributed by atoms with E-state index in [-0.39, 0.29) is 101 Å². The summed E-state index contributed by atoms with van der Waals surface area (Å²) in [5.74, 6) is -1.86. The van der Waals surface area contributed by atoms with Crippen LogP contribution in [0.1, 0.15) is 119 Å². The maximum Gasteiger partial charge on any atom is 0.488 e. The first-order valence-electron chi connectivity index (χ1n) is 23.3. The molecule has 0 spiro atoms. The fourth-order valence-electron chi connectivity index (χ4n) is 9.34. The number of nitrogens with one attached hydrogen (secondary N) is 1. The highest BCUT2D eigenvalue weighted by molar-refractivity contribution is 6.58. The van der Waals surface area contributed by atoms with E-state index >= 15 is 0 Å². The third-order valence-corrected chi connectivity index (χ3v) is 13.4. The molecular formula is C52H63BN2O14. The van der Waals surface area contributed by atoms with E-state index in [1.807, 2.05) is 20.8 Å². The van der Waals surface area contributed by atoms with Crippen LogP contribution in [0.2, 0.25) is 0 Å². The molecule has 6 N–H and O–H groups in total. The molecule has 0 saturated carbocycles. The van der Waals surface area contributed by atoms with E-state index in [1.54, 1.807) is 48.3 Å². The number of likely N-dealkylation sites (N-methyl/N-ethyl adjacent to an activating group) is 1. The van der Waals surface area contributed by atoms with Crippen LogP contribution in [0.4, 0.5) is 4.79 Å². The summed E-state index contributed by atoms with van der Waals surface area (Å²) in [6.45, 7) is 10.4. The zero-order valence-corrected chi connectivity index (χ0v) is 40.1. The van der Waals surface area contributed by atoms with Crippen LogP contribution in [0.15, 0.2) is 66.7 Å². The molecule has 16 nitrogen and oxygen atoms in total. The summed E-state index contributed by atoms with van der Waals surface area (Å²) in [5, 5.41) is 52.4. The number of nitrogens with zero attached hydrogens (tertiary/aromatic N) is 1. The van der Waals surface area contributed by atoms with E-state index in [9.17, 15) is 44.2 Å². The van der Waals surface area contributed by atoms with Crippen molar-refractivity contribution in [3.8, 4) is 17.2 Å². The van der Waals surface area contributed by atoms with E-state index < -0.39 is 43.4 Å². The summed E-state index contributed by atoms with van der Waals surface area (Å²) < 4.78 is 22.4. The number of hydrogen-bond donors (Lipinski definition) is 6. The van der Waals surface area contributed by atoms with Crippen molar-refractivity contribution in [2.24, 2.45) is 11.8 Å². The van der Waals surface area contributed by atoms with Crippen LogP contribution in [-0.2, 0) is 43.1 Å². The Bertz CT molecular complexity index is 2490. The number of ketones is 3. The molecule has 2 fully saturated rings. The third-order valence-electron chi connectivity index (χ3n) is 13.4. The average molecular weight is 951 g/mol. The van der Waals surface area contributed by atoms with E-state index in [0.717, 1.165) is 30.3 Å². The SMILES string of the molecule is CC(C)Cc1ccc(C(C)C=O)cc1.CNC(C)C(OC(=O)N1COC2C(C)OCCC21)c1ccc(B(O)O)cc1.COc1cccc2c1C(=O)c1c(O)c3c(c(O)c1C2=O)CC(C(=O)CO)CC3. The van der Waals surface area contributed by atoms with Gasteiger partial charge in [-0.2, -0.15) is 0 Å². The van der Waals surface area contributed by atoms with Crippen LogP contribution in [0.5, 0.6) is 17.2 Å². The van der Waals surface area contributed by atoms with Crippen LogP contribution in [0, 0.1) is 11.8 Å². The molecule has 0 radical (unpaired) electrons. The highest BCUT2D eigenvalue weighted by atomic mass is 16.6. The number of aliphatic hydroxyl groups is 1. The number of aldehydes is 1. The molecule has 69 heavy (non-hydrogen) atoms. The zero-order valence-electron chi connectivity index (χ0n) is 40.1. The number of phenols is 2. The molecule has 2 aliphatic heterocycles. The first kappa shape index (κ1) is 52.4. The van der Waals surface area contributed by atoms with Crippen molar-refractivity contribution in [2.45, 2.75) is 103 Å². The predicted octanol–water partition coefficient (Wildman–Crippen LogP) is 4.72. The summed E-state index contributed by atoms with van der Waals surface area (Å²) in [7, 11) is 1.65. The molecule has 1 amide bonds. The van der Waals surface area contributed by atoms with Gasteiger partial charge >= 0.3 is 13.2 Å². The Balaban J connectivity index is 0.000000180. The number of fused-ring (bicyclic) bond motifs is 4. The molecule has 0 aromatic heterocycles. The Kier molecular flexibility index (Phi) is 17.6. The topological polar surface area (TPSA) is 239 Å². The van der Waals surface area contributed by atoms with Crippen molar-refractivity contribution in [3.05, 3.63) is 117 Å². The Labute approximate surface area is 402 Å². The number of amides is 1. The maximum absolute atomic E-state index is 13.1. The van der Waals surface area contributed by atoms with Crippen molar-refractivity contribution in [1.29, 1.82) is 0 Å². The van der Waals surface area contributed by atoms with Gasteiger partial charge in [0.25, 0.3) is 0 Å². The minimum atomic E-state index is -1.53. The monoisotopic (exact) mass is 950 g/mol. The first-order valence-corrected chi connectivity index (χ1v) is 23.3. The number of ether oxygens (including phenoxy) is 4. The van der Waals surface area contributed by atoms with E-state index in [1.165, 1.54) is 18.7 Å². The lowest BCUT2D eigenvalue weighted by molar-refractivity contribution is -0.126. The van der Waals surface area contributed by atoms with Gasteiger partial charge in [-0.25, -0.2) is 4.79 Å². The number of phenolic OH excluding ortho intramolecular Hbond substituents is 2. The summed E-state index contributed by atoms with van der Waals surface area (Å²) >= 11 is 0. The zero-order chi connectivity index (χ0) is 50.3. The fourth-order valence-corrected chi connectivity index (χ4v) is 9.34. The number of aliphatic hydroxyl groups excluding tert-OH is 1. The molecule has 7 unspecified atom stereocenters. The second-order valence-corrected chi connectivity index (χ2v) is 18.4. The Morgan fingerprint density at radius 1 is 0.884 bits per heavy atom. The van der Waals surface area contributed by atoms with E-state index in [2.05, 4.69) is 43.4 Å². The van der Waals surface area contributed by atoms with E-state index in [0.29, 0.717) is 30.0 Å². The molecule has 17 heteroatoms. The second-order valence-electron chi connectivity index (χ2n) is 18.4. The predicted molar refractivity (Wildman–Crippen MR) is 256 cm³/mol. The van der Waals surface area contributed by atoms with Gasteiger partial charge in [0.15, 0.2) is 11.6 Å². The molecule has 7 atom stereocenters. The number of hydrogen-bond acceptors (Lipinski definition) is 15. The normalized spacial score (nSPS) is 20.3. The molecule has 4 aliphatic rings. The van der Waals surface area contributed by atoms with Crippen LogP contribution in [-0.4, -0.2) is 126 Å². The first-order chi connectivity index (χ1) is 32.9. The van der Waals surface area contributed by atoms with Gasteiger partial charge in [-0.05, 0) is 87.1 Å². The molecule has 8 rings (SSSR count). The third kappa shape index (κ3) is 11.4. The van der Waals surface area contributed by atoms with Gasteiger partial charge in [-0.3, -0.25) is 19.3 Å². The fraction of sp³-hybridized carbons (Fsp3) is 0.442. The van der Waals surface area contributed by atoms with Crippen LogP contribution in [0.3, 0.4) is 0 Å². The Hall–Kier alpha value is -5.95. The van der Waals surface area contributed by atoms with Crippen molar-refractivity contribution < 1.29 is 68.3 Å². The van der Waals surface area contributed by atoms with Crippen LogP contribution < -0.4 is 15.5 Å². The van der Waals surface area contributed by atoms with Gasteiger partial charge < -0.3 is 54.4 Å². The van der Waals surface area contributed by atoms with Gasteiger partial charge in [0.05, 0.1) is 35.9 Å². The van der Waals surface area contributed by atoms with E-state index in [4.69, 9.17) is 24.1 Å². The highest BCUT2D eigenvalue weighted by Crippen LogP contribution is 2.47. The standard InChI is InChI=1S/C21H18O7.C18H27BN2O6.C13H18O/c1-28-14-4-2-3-11-15(14)21(27)17-16(19(11)25)20(26)12-7-9(13(23)8-22)5-6-10(12)18(17)24;1-11(20-3)16(13-4-6-14(7-5-13)19(23)24)27-18(22)21-10-26-17-12(2)25-9-8-15(17)21;1-10(2)8-12-4-6-13(7-5-12)11(3)9-14/h2-4,9,22,24,26H,5-8H2,1H3;4-7,11-12,15-17,20,23-24H,8-10H2,1-3H3;4-7,9-11H,8H2,1-3H3. The largest absolute Gasteiger partial charge is 0.507 e. The molecule has 4 aromatic rings.